The van der Waals surface area contributed by atoms with Crippen molar-refractivity contribution in [1.29, 1.82) is 0 Å². The molecular weight excluding hydrogens is 250 g/mol. The third-order valence-electron chi connectivity index (χ3n) is 2.20. The van der Waals surface area contributed by atoms with Crippen molar-refractivity contribution >= 4 is 10.2 Å². The molecule has 1 aromatic carbocycles. The van der Waals surface area contributed by atoms with E-state index < -0.39 is 10.2 Å². The van der Waals surface area contributed by atoms with E-state index in [0.717, 1.165) is 15.4 Å². The van der Waals surface area contributed by atoms with Gasteiger partial charge in [0, 0.05) is 26.2 Å². The Morgan fingerprint density at radius 3 is 2.72 bits per heavy atom. The van der Waals surface area contributed by atoms with Gasteiger partial charge < -0.3 is 5.73 Å². The molecule has 0 aliphatic rings. The lowest BCUT2D eigenvalue weighted by atomic mass is 10.1. The molecule has 1 rings (SSSR count). The fourth-order valence-corrected chi connectivity index (χ4v) is 1.82. The highest BCUT2D eigenvalue weighted by atomic mass is 32.2. The molecule has 0 saturated heterocycles. The van der Waals surface area contributed by atoms with Crippen molar-refractivity contribution in [3.63, 3.8) is 0 Å². The summed E-state index contributed by atoms with van der Waals surface area (Å²) in [6.07, 6.45) is 0. The molecule has 6 heteroatoms. The Hall–Kier alpha value is -1.39. The van der Waals surface area contributed by atoms with Crippen LogP contribution in [0.2, 0.25) is 0 Å². The topological polar surface area (TPSA) is 75.4 Å². The molecule has 0 heterocycles. The van der Waals surface area contributed by atoms with Crippen LogP contribution < -0.4 is 10.5 Å². The number of nitrogens with one attached hydrogen (secondary N) is 1. The first-order valence-corrected chi connectivity index (χ1v) is 6.84. The molecule has 3 N–H and O–H groups in total. The second-order valence-electron chi connectivity index (χ2n) is 3.81. The van der Waals surface area contributed by atoms with Crippen molar-refractivity contribution in [2.45, 2.75) is 6.54 Å². The molecule has 0 aliphatic heterocycles. The van der Waals surface area contributed by atoms with Gasteiger partial charge in [-0.05, 0) is 17.7 Å². The van der Waals surface area contributed by atoms with Crippen molar-refractivity contribution in [2.75, 3.05) is 20.6 Å². The van der Waals surface area contributed by atoms with E-state index in [1.807, 2.05) is 24.3 Å². The van der Waals surface area contributed by atoms with Gasteiger partial charge in [0.05, 0.1) is 6.54 Å². The van der Waals surface area contributed by atoms with Gasteiger partial charge in [0.15, 0.2) is 0 Å². The minimum absolute atomic E-state index is 0.235. The van der Waals surface area contributed by atoms with Crippen molar-refractivity contribution in [3.8, 4) is 11.8 Å². The molecule has 0 spiro atoms. The first kappa shape index (κ1) is 14.7. The average molecular weight is 267 g/mol. The van der Waals surface area contributed by atoms with Crippen LogP contribution >= 0.6 is 0 Å². The largest absolute Gasteiger partial charge is 0.320 e. The maximum atomic E-state index is 11.5. The van der Waals surface area contributed by atoms with Crippen molar-refractivity contribution in [3.05, 3.63) is 35.4 Å². The summed E-state index contributed by atoms with van der Waals surface area (Å²) in [5.74, 6) is 5.66. The van der Waals surface area contributed by atoms with E-state index in [4.69, 9.17) is 5.73 Å². The molecule has 0 radical (unpaired) electrons. The molecule has 0 saturated carbocycles. The molecule has 98 valence electrons. The lowest BCUT2D eigenvalue weighted by Crippen LogP contribution is -2.35. The Morgan fingerprint density at radius 1 is 1.39 bits per heavy atom. The number of hydrogen-bond donors (Lipinski definition) is 2. The molecule has 0 amide bonds. The molecule has 1 aromatic rings. The molecule has 0 aromatic heterocycles. The van der Waals surface area contributed by atoms with Gasteiger partial charge >= 0.3 is 0 Å². The van der Waals surface area contributed by atoms with Gasteiger partial charge in [-0.25, -0.2) is 0 Å². The number of hydrogen-bond acceptors (Lipinski definition) is 3. The van der Waals surface area contributed by atoms with E-state index in [0.29, 0.717) is 6.54 Å². The second kappa shape index (κ2) is 6.52. The number of nitrogens with two attached hydrogens (primary N) is 1. The van der Waals surface area contributed by atoms with Crippen LogP contribution in [0, 0.1) is 11.8 Å². The lowest BCUT2D eigenvalue weighted by molar-refractivity contribution is 0.505. The van der Waals surface area contributed by atoms with E-state index >= 15 is 0 Å². The van der Waals surface area contributed by atoms with Gasteiger partial charge in [-0.2, -0.15) is 17.4 Å². The zero-order valence-electron chi connectivity index (χ0n) is 10.5. The van der Waals surface area contributed by atoms with Crippen LogP contribution in [-0.4, -0.2) is 33.4 Å². The predicted octanol–water partition coefficient (Wildman–Crippen LogP) is -0.107. The fourth-order valence-electron chi connectivity index (χ4n) is 1.22. The SMILES string of the molecule is CN(C)S(=O)(=O)NCc1cccc(C#CCN)c1. The van der Waals surface area contributed by atoms with Crippen LogP contribution in [0.25, 0.3) is 0 Å². The average Bonchev–Trinajstić information content (AvgIpc) is 2.34. The second-order valence-corrected chi connectivity index (χ2v) is 5.78. The smallest absolute Gasteiger partial charge is 0.279 e. The number of benzene rings is 1. The molecule has 0 aliphatic carbocycles. The van der Waals surface area contributed by atoms with E-state index in [1.54, 1.807) is 0 Å². The van der Waals surface area contributed by atoms with Gasteiger partial charge in [0.2, 0.25) is 0 Å². The highest BCUT2D eigenvalue weighted by Crippen LogP contribution is 2.04. The maximum Gasteiger partial charge on any atom is 0.279 e. The predicted molar refractivity (Wildman–Crippen MR) is 71.8 cm³/mol. The Bertz CT molecular complexity index is 556. The van der Waals surface area contributed by atoms with E-state index in [1.165, 1.54) is 14.1 Å². The zero-order chi connectivity index (χ0) is 13.6. The molecular formula is C12H17N3O2S. The fraction of sp³-hybridized carbons (Fsp3) is 0.333. The highest BCUT2D eigenvalue weighted by molar-refractivity contribution is 7.87. The molecule has 5 nitrogen and oxygen atoms in total. The van der Waals surface area contributed by atoms with Crippen LogP contribution in [0.4, 0.5) is 0 Å². The van der Waals surface area contributed by atoms with Gasteiger partial charge in [0.1, 0.15) is 0 Å². The van der Waals surface area contributed by atoms with Gasteiger partial charge in [0.25, 0.3) is 10.2 Å². The lowest BCUT2D eigenvalue weighted by Gasteiger charge is -2.12. The Balaban J connectivity index is 2.75. The summed E-state index contributed by atoms with van der Waals surface area (Å²) in [4.78, 5) is 0. The first-order valence-electron chi connectivity index (χ1n) is 5.40. The van der Waals surface area contributed by atoms with Crippen LogP contribution in [0.1, 0.15) is 11.1 Å². The summed E-state index contributed by atoms with van der Waals surface area (Å²) in [6.45, 7) is 0.538. The maximum absolute atomic E-state index is 11.5. The quantitative estimate of drug-likeness (QED) is 0.748. The third kappa shape index (κ3) is 4.47. The third-order valence-corrected chi connectivity index (χ3v) is 3.67. The van der Waals surface area contributed by atoms with Crippen LogP contribution in [-0.2, 0) is 16.8 Å². The monoisotopic (exact) mass is 267 g/mol. The number of rotatable bonds is 4. The summed E-state index contributed by atoms with van der Waals surface area (Å²) in [6, 6.07) is 7.36. The van der Waals surface area contributed by atoms with Crippen molar-refractivity contribution in [2.24, 2.45) is 5.73 Å². The standard InChI is InChI=1S/C12H17N3O2S/c1-15(2)18(16,17)14-10-12-6-3-5-11(9-12)7-4-8-13/h3,5-6,9,14H,8,10,13H2,1-2H3. The Morgan fingerprint density at radius 2 is 2.11 bits per heavy atom. The van der Waals surface area contributed by atoms with Crippen LogP contribution in [0.3, 0.4) is 0 Å². The molecule has 0 fully saturated rings. The molecule has 0 atom stereocenters. The van der Waals surface area contributed by atoms with Gasteiger partial charge in [-0.1, -0.05) is 24.0 Å². The van der Waals surface area contributed by atoms with E-state index in [-0.39, 0.29) is 6.54 Å². The first-order chi connectivity index (χ1) is 8.45. The Kier molecular flexibility index (Phi) is 5.31. The summed E-state index contributed by atoms with van der Waals surface area (Å²) in [5, 5.41) is 0. The zero-order valence-corrected chi connectivity index (χ0v) is 11.3. The number of nitrogens with zero attached hydrogens (tertiary/aromatic N) is 1. The van der Waals surface area contributed by atoms with Crippen LogP contribution in [0.5, 0.6) is 0 Å². The van der Waals surface area contributed by atoms with Crippen LogP contribution in [0.15, 0.2) is 24.3 Å². The van der Waals surface area contributed by atoms with Gasteiger partial charge in [-0.3, -0.25) is 0 Å². The minimum atomic E-state index is -3.40. The summed E-state index contributed by atoms with van der Waals surface area (Å²) >= 11 is 0. The normalized spacial score (nSPS) is 11.1. The molecule has 0 bridgehead atoms. The molecule has 18 heavy (non-hydrogen) atoms. The van der Waals surface area contributed by atoms with E-state index in [9.17, 15) is 8.42 Å². The van der Waals surface area contributed by atoms with Crippen molar-refractivity contribution in [1.82, 2.24) is 9.03 Å². The summed E-state index contributed by atoms with van der Waals surface area (Å²) < 4.78 is 26.7. The molecule has 0 unspecified atom stereocenters. The Labute approximate surface area is 108 Å². The van der Waals surface area contributed by atoms with E-state index in [2.05, 4.69) is 16.6 Å². The van der Waals surface area contributed by atoms with Gasteiger partial charge in [-0.15, -0.1) is 0 Å². The summed E-state index contributed by atoms with van der Waals surface area (Å²) in [5.41, 5.74) is 6.97. The minimum Gasteiger partial charge on any atom is -0.320 e. The van der Waals surface area contributed by atoms with Crippen molar-refractivity contribution < 1.29 is 8.42 Å². The summed E-state index contributed by atoms with van der Waals surface area (Å²) in [7, 11) is -0.444. The highest BCUT2D eigenvalue weighted by Gasteiger charge is 2.11.